The van der Waals surface area contributed by atoms with Crippen LogP contribution < -0.4 is 5.32 Å². The van der Waals surface area contributed by atoms with Gasteiger partial charge in [-0.05, 0) is 70.6 Å². The van der Waals surface area contributed by atoms with Crippen molar-refractivity contribution in [2.24, 2.45) is 0 Å². The molecule has 0 bridgehead atoms. The first kappa shape index (κ1) is 59.2. The second-order valence-corrected chi connectivity index (χ2v) is 19.6. The van der Waals surface area contributed by atoms with Crippen LogP contribution in [0.15, 0.2) is 60.8 Å². The minimum atomic E-state index is -4.35. The van der Waals surface area contributed by atoms with E-state index in [9.17, 15) is 19.4 Å². The Kier molecular flexibility index (Phi) is 42.2. The Morgan fingerprint density at radius 3 is 1.43 bits per heavy atom. The predicted octanol–water partition coefficient (Wildman–Crippen LogP) is 14.6. The fourth-order valence-corrected chi connectivity index (χ4v) is 7.68. The number of allylic oxidation sites excluding steroid dienone is 9. The summed E-state index contributed by atoms with van der Waals surface area (Å²) in [4.78, 5) is 23.2. The molecule has 0 aliphatic heterocycles. The van der Waals surface area contributed by atoms with Crippen LogP contribution in [0, 0.1) is 0 Å². The van der Waals surface area contributed by atoms with Crippen molar-refractivity contribution in [2.45, 2.75) is 225 Å². The lowest BCUT2D eigenvalue weighted by atomic mass is 10.0. The second kappa shape index (κ2) is 43.5. The summed E-state index contributed by atoms with van der Waals surface area (Å²) in [6, 6.07) is -0.865. The van der Waals surface area contributed by atoms with Crippen LogP contribution in [0.1, 0.15) is 213 Å². The van der Waals surface area contributed by atoms with Gasteiger partial charge in [-0.2, -0.15) is 0 Å². The fourth-order valence-electron chi connectivity index (χ4n) is 6.95. The molecule has 0 rings (SSSR count). The molecular formula is C52H98N2O6P+. The average Bonchev–Trinajstić information content (AvgIpc) is 3.21. The lowest BCUT2D eigenvalue weighted by molar-refractivity contribution is -0.870. The average molecular weight is 878 g/mol. The van der Waals surface area contributed by atoms with Crippen LogP contribution in [0.3, 0.4) is 0 Å². The molecule has 356 valence electrons. The molecule has 3 N–H and O–H groups in total. The number of hydrogen-bond donors (Lipinski definition) is 3. The standard InChI is InChI=1S/C52H97N2O6P/c1-6-8-10-12-14-16-18-20-21-22-23-24-25-26-27-28-29-30-31-32-33-34-36-38-40-42-44-46-52(56)53-50(49-60-61(57,58)59-48-47-54(3,4)5)51(55)45-43-41-39-37-35-19-17-15-13-11-9-7-2/h18,20,22-23,25-26,35,37,43,45,50-51,55H,6-17,19,21,24,27-34,36,38-42,44,46-49H2,1-5H3,(H-,53,56,57,58)/p+1/b20-18-,23-22-,26-25-,37-35+,45-43+. The van der Waals surface area contributed by atoms with Crippen LogP contribution in [0.4, 0.5) is 0 Å². The van der Waals surface area contributed by atoms with Crippen molar-refractivity contribution in [1.29, 1.82) is 0 Å². The Bertz CT molecular complexity index is 1180. The van der Waals surface area contributed by atoms with E-state index in [1.54, 1.807) is 6.08 Å². The van der Waals surface area contributed by atoms with Crippen LogP contribution in [0.2, 0.25) is 0 Å². The smallest absolute Gasteiger partial charge is 0.387 e. The number of amides is 1. The molecule has 9 heteroatoms. The Morgan fingerprint density at radius 1 is 0.557 bits per heavy atom. The number of nitrogens with zero attached hydrogens (tertiary/aromatic N) is 1. The number of nitrogens with one attached hydrogen (secondary N) is 1. The van der Waals surface area contributed by atoms with Gasteiger partial charge in [0.1, 0.15) is 13.2 Å². The normalized spacial score (nSPS) is 14.7. The molecule has 0 aromatic rings. The number of phosphoric ester groups is 1. The maximum atomic E-state index is 12.9. The van der Waals surface area contributed by atoms with E-state index in [-0.39, 0.29) is 19.1 Å². The topological polar surface area (TPSA) is 105 Å². The zero-order valence-electron chi connectivity index (χ0n) is 40.4. The van der Waals surface area contributed by atoms with E-state index in [1.165, 1.54) is 141 Å². The van der Waals surface area contributed by atoms with Gasteiger partial charge in [0.25, 0.3) is 0 Å². The Balaban J connectivity index is 4.21. The number of phosphoric acid groups is 1. The largest absolute Gasteiger partial charge is 0.472 e. The monoisotopic (exact) mass is 878 g/mol. The van der Waals surface area contributed by atoms with Gasteiger partial charge in [-0.3, -0.25) is 13.8 Å². The first-order valence-corrected chi connectivity index (χ1v) is 26.7. The Hall–Kier alpha value is -1.80. The Labute approximate surface area is 377 Å². The number of aliphatic hydroxyl groups is 1. The fraction of sp³-hybridized carbons (Fsp3) is 0.788. The predicted molar refractivity (Wildman–Crippen MR) is 263 cm³/mol. The van der Waals surface area contributed by atoms with Crippen molar-refractivity contribution < 1.29 is 32.9 Å². The number of quaternary nitrogens is 1. The summed E-state index contributed by atoms with van der Waals surface area (Å²) < 4.78 is 23.6. The van der Waals surface area contributed by atoms with Crippen molar-refractivity contribution in [3.05, 3.63) is 60.8 Å². The van der Waals surface area contributed by atoms with Crippen molar-refractivity contribution >= 4 is 13.7 Å². The van der Waals surface area contributed by atoms with Crippen molar-refractivity contribution in [3.63, 3.8) is 0 Å². The second-order valence-electron chi connectivity index (χ2n) is 18.2. The zero-order valence-corrected chi connectivity index (χ0v) is 41.3. The molecule has 0 heterocycles. The lowest BCUT2D eigenvalue weighted by Crippen LogP contribution is -2.45. The van der Waals surface area contributed by atoms with Gasteiger partial charge in [0.15, 0.2) is 0 Å². The zero-order chi connectivity index (χ0) is 45.0. The van der Waals surface area contributed by atoms with Gasteiger partial charge in [0.05, 0.1) is 39.9 Å². The summed E-state index contributed by atoms with van der Waals surface area (Å²) in [5.74, 6) is -0.192. The number of hydrogen-bond acceptors (Lipinski definition) is 5. The van der Waals surface area contributed by atoms with Crippen LogP contribution in [0.5, 0.6) is 0 Å². The number of carbonyl (C=O) groups is 1. The summed E-state index contributed by atoms with van der Waals surface area (Å²) in [6.07, 6.45) is 57.4. The highest BCUT2D eigenvalue weighted by Crippen LogP contribution is 2.43. The van der Waals surface area contributed by atoms with Crippen LogP contribution in [-0.4, -0.2) is 73.4 Å². The van der Waals surface area contributed by atoms with E-state index in [0.717, 1.165) is 51.4 Å². The van der Waals surface area contributed by atoms with E-state index in [2.05, 4.69) is 67.8 Å². The minimum Gasteiger partial charge on any atom is -0.387 e. The van der Waals surface area contributed by atoms with Gasteiger partial charge in [0.2, 0.25) is 5.91 Å². The number of rotatable bonds is 45. The molecule has 0 radical (unpaired) electrons. The third kappa shape index (κ3) is 46.0. The molecule has 1 amide bonds. The third-order valence-corrected chi connectivity index (χ3v) is 11.9. The maximum Gasteiger partial charge on any atom is 0.472 e. The molecule has 0 aliphatic rings. The van der Waals surface area contributed by atoms with Crippen molar-refractivity contribution in [1.82, 2.24) is 5.32 Å². The lowest BCUT2D eigenvalue weighted by Gasteiger charge is -2.25. The molecule has 3 unspecified atom stereocenters. The highest BCUT2D eigenvalue weighted by Gasteiger charge is 2.27. The SMILES string of the molecule is CCCCCCC/C=C\C/C=C\C/C=C\CCCCCCCCCCCCCCC(=O)NC(COP(=O)(O)OCC[N+](C)(C)C)C(O)/C=C/CC/C=C/CCCCCCCC. The van der Waals surface area contributed by atoms with Gasteiger partial charge in [-0.1, -0.05) is 197 Å². The summed E-state index contributed by atoms with van der Waals surface area (Å²) in [7, 11) is 1.55. The molecule has 0 aromatic carbocycles. The Morgan fingerprint density at radius 2 is 0.951 bits per heavy atom. The van der Waals surface area contributed by atoms with Gasteiger partial charge in [0, 0.05) is 6.42 Å². The number of carbonyl (C=O) groups excluding carboxylic acids is 1. The first-order valence-electron chi connectivity index (χ1n) is 25.2. The highest BCUT2D eigenvalue weighted by atomic mass is 31.2. The summed E-state index contributed by atoms with van der Waals surface area (Å²) >= 11 is 0. The summed E-state index contributed by atoms with van der Waals surface area (Å²) in [5, 5.41) is 13.8. The maximum absolute atomic E-state index is 12.9. The molecule has 8 nitrogen and oxygen atoms in total. The molecule has 0 fully saturated rings. The number of aliphatic hydroxyl groups excluding tert-OH is 1. The van der Waals surface area contributed by atoms with Crippen molar-refractivity contribution in [3.8, 4) is 0 Å². The molecule has 0 spiro atoms. The molecule has 61 heavy (non-hydrogen) atoms. The minimum absolute atomic E-state index is 0.0539. The molecule has 0 saturated heterocycles. The highest BCUT2D eigenvalue weighted by molar-refractivity contribution is 7.47. The van der Waals surface area contributed by atoms with Gasteiger partial charge < -0.3 is 19.8 Å². The summed E-state index contributed by atoms with van der Waals surface area (Å²) in [5.41, 5.74) is 0. The van der Waals surface area contributed by atoms with Gasteiger partial charge in [-0.25, -0.2) is 4.57 Å². The van der Waals surface area contributed by atoms with E-state index in [4.69, 9.17) is 9.05 Å². The first-order chi connectivity index (χ1) is 29.5. The van der Waals surface area contributed by atoms with Crippen molar-refractivity contribution in [2.75, 3.05) is 40.9 Å². The molecule has 0 aromatic heterocycles. The number of likely N-dealkylation sites (N-methyl/N-ethyl adjacent to an activating group) is 1. The van der Waals surface area contributed by atoms with E-state index >= 15 is 0 Å². The van der Waals surface area contributed by atoms with Crippen LogP contribution in [-0.2, 0) is 18.4 Å². The molecular weight excluding hydrogens is 780 g/mol. The van der Waals surface area contributed by atoms with E-state index in [0.29, 0.717) is 17.4 Å². The van der Waals surface area contributed by atoms with E-state index in [1.807, 2.05) is 27.2 Å². The number of unbranched alkanes of at least 4 members (excludes halogenated alkanes) is 24. The quantitative estimate of drug-likeness (QED) is 0.0244. The molecule has 3 atom stereocenters. The van der Waals surface area contributed by atoms with Crippen LogP contribution >= 0.6 is 7.82 Å². The van der Waals surface area contributed by atoms with Gasteiger partial charge >= 0.3 is 7.82 Å². The molecule has 0 aliphatic carbocycles. The van der Waals surface area contributed by atoms with E-state index < -0.39 is 20.0 Å². The van der Waals surface area contributed by atoms with Gasteiger partial charge in [-0.15, -0.1) is 0 Å². The third-order valence-electron chi connectivity index (χ3n) is 11.0. The summed E-state index contributed by atoms with van der Waals surface area (Å²) in [6.45, 7) is 4.76. The molecule has 0 saturated carbocycles. The van der Waals surface area contributed by atoms with Crippen LogP contribution in [0.25, 0.3) is 0 Å².